The zero-order chi connectivity index (χ0) is 20.7. The third kappa shape index (κ3) is 4.74. The van der Waals surface area contributed by atoms with Crippen molar-refractivity contribution < 1.29 is 35.9 Å². The molecule has 0 saturated carbocycles. The quantitative estimate of drug-likeness (QED) is 0.148. The average molecular weight is 472 g/mol. The molecule has 0 amide bonds. The summed E-state index contributed by atoms with van der Waals surface area (Å²) in [4.78, 5) is 12.2. The van der Waals surface area contributed by atoms with E-state index in [9.17, 15) is 31.1 Å². The first-order chi connectivity index (χ1) is 12.2. The van der Waals surface area contributed by atoms with Crippen molar-refractivity contribution in [2.75, 3.05) is 0 Å². The Labute approximate surface area is 167 Å². The summed E-state index contributed by atoms with van der Waals surface area (Å²) in [6.45, 7) is 0. The highest BCUT2D eigenvalue weighted by Gasteiger charge is 2.39. The maximum atomic E-state index is 13.1. The van der Waals surface area contributed by atoms with Crippen molar-refractivity contribution in [1.82, 2.24) is 0 Å². The van der Waals surface area contributed by atoms with Crippen molar-refractivity contribution in [2.24, 2.45) is 0 Å². The fourth-order valence-corrected chi connectivity index (χ4v) is 2.91. The lowest BCUT2D eigenvalue weighted by atomic mass is 10.0. The molecular weight excluding hydrogens is 468 g/mol. The maximum Gasteiger partial charge on any atom is 0.417 e. The van der Waals surface area contributed by atoms with Gasteiger partial charge < -0.3 is 4.74 Å². The molecule has 0 aliphatic carbocycles. The van der Waals surface area contributed by atoms with Gasteiger partial charge in [0.05, 0.1) is 31.8 Å². The van der Waals surface area contributed by atoms with E-state index in [4.69, 9.17) is 46.4 Å². The summed E-state index contributed by atoms with van der Waals surface area (Å²) in [6.07, 6.45) is -10.1. The molecule has 2 aromatic rings. The van der Waals surface area contributed by atoms with Crippen LogP contribution < -0.4 is 4.74 Å². The van der Waals surface area contributed by atoms with Crippen LogP contribution in [0.1, 0.15) is 21.5 Å². The number of hydrogen-bond acceptors (Lipinski definition) is 2. The Morgan fingerprint density at radius 1 is 0.815 bits per heavy atom. The van der Waals surface area contributed by atoms with Crippen LogP contribution in [0.25, 0.3) is 0 Å². The van der Waals surface area contributed by atoms with Gasteiger partial charge in [0.1, 0.15) is 5.02 Å². The fraction of sp³-hybridized carbons (Fsp3) is 0.133. The van der Waals surface area contributed by atoms with Crippen LogP contribution in [-0.4, -0.2) is 5.97 Å². The van der Waals surface area contributed by atoms with Crippen molar-refractivity contribution in [1.29, 1.82) is 0 Å². The second-order valence-corrected chi connectivity index (χ2v) is 6.51. The Kier molecular flexibility index (Phi) is 6.16. The molecule has 0 atom stereocenters. The second kappa shape index (κ2) is 7.58. The largest absolute Gasteiger partial charge is 0.420 e. The Hall–Kier alpha value is -1.35. The zero-order valence-corrected chi connectivity index (χ0v) is 15.4. The number of rotatable bonds is 2. The highest BCUT2D eigenvalue weighted by molar-refractivity contribution is 6.50. The Bertz CT molecular complexity index is 909. The lowest BCUT2D eigenvalue weighted by molar-refractivity contribution is -0.141. The first-order valence-electron chi connectivity index (χ1n) is 6.57. The normalized spacial score (nSPS) is 12.2. The number of halogens is 10. The van der Waals surface area contributed by atoms with Gasteiger partial charge in [-0.05, 0) is 24.3 Å². The van der Waals surface area contributed by atoms with E-state index in [0.717, 1.165) is 6.07 Å². The molecule has 12 heteroatoms. The molecule has 0 aliphatic heterocycles. The second-order valence-electron chi connectivity index (χ2n) is 4.94. The molecule has 2 nitrogen and oxygen atoms in total. The SMILES string of the molecule is O=C(Oc1c(Cl)cc(Cl)c(Cl)c1Cl)c1cc(C(F)(F)F)ccc1C(F)(F)F. The van der Waals surface area contributed by atoms with Gasteiger partial charge in [-0.25, -0.2) is 4.79 Å². The van der Waals surface area contributed by atoms with Gasteiger partial charge in [0.15, 0.2) is 5.75 Å². The lowest BCUT2D eigenvalue weighted by Crippen LogP contribution is -2.19. The van der Waals surface area contributed by atoms with Crippen LogP contribution in [0.3, 0.4) is 0 Å². The Morgan fingerprint density at radius 3 is 1.93 bits per heavy atom. The molecule has 0 spiro atoms. The lowest BCUT2D eigenvalue weighted by Gasteiger charge is -2.16. The first kappa shape index (κ1) is 21.9. The third-order valence-corrected chi connectivity index (χ3v) is 4.66. The summed E-state index contributed by atoms with van der Waals surface area (Å²) in [7, 11) is 0. The minimum Gasteiger partial charge on any atom is -0.420 e. The maximum absolute atomic E-state index is 13.1. The zero-order valence-electron chi connectivity index (χ0n) is 12.4. The molecule has 0 bridgehead atoms. The molecular formula is C15H4Cl4F6O2. The van der Waals surface area contributed by atoms with E-state index in [2.05, 4.69) is 4.74 Å². The summed E-state index contributed by atoms with van der Waals surface area (Å²) in [5.41, 5.74) is -4.49. The predicted molar refractivity (Wildman–Crippen MR) is 87.9 cm³/mol. The van der Waals surface area contributed by atoms with Crippen LogP contribution in [0.5, 0.6) is 5.75 Å². The number of alkyl halides is 6. The van der Waals surface area contributed by atoms with E-state index in [-0.39, 0.29) is 33.3 Å². The van der Waals surface area contributed by atoms with Crippen LogP contribution in [0.4, 0.5) is 26.3 Å². The van der Waals surface area contributed by atoms with E-state index >= 15 is 0 Å². The number of ether oxygens (including phenoxy) is 1. The molecule has 0 aromatic heterocycles. The summed E-state index contributed by atoms with van der Waals surface area (Å²) < 4.78 is 82.3. The van der Waals surface area contributed by atoms with Crippen molar-refractivity contribution >= 4 is 52.4 Å². The van der Waals surface area contributed by atoms with Crippen molar-refractivity contribution in [3.8, 4) is 5.75 Å². The fourth-order valence-electron chi connectivity index (χ4n) is 1.93. The van der Waals surface area contributed by atoms with Gasteiger partial charge in [-0.15, -0.1) is 0 Å². The van der Waals surface area contributed by atoms with Gasteiger partial charge in [-0.3, -0.25) is 0 Å². The Morgan fingerprint density at radius 2 is 1.41 bits per heavy atom. The molecule has 0 radical (unpaired) electrons. The first-order valence-corrected chi connectivity index (χ1v) is 8.08. The van der Waals surface area contributed by atoms with Crippen molar-refractivity contribution in [3.05, 3.63) is 61.0 Å². The summed E-state index contributed by atoms with van der Waals surface area (Å²) in [6, 6.07) is 1.33. The number of benzene rings is 2. The van der Waals surface area contributed by atoms with Crippen LogP contribution in [-0.2, 0) is 12.4 Å². The summed E-state index contributed by atoms with van der Waals surface area (Å²) in [5, 5.41) is -1.33. The van der Waals surface area contributed by atoms with Crippen molar-refractivity contribution in [3.63, 3.8) is 0 Å². The van der Waals surface area contributed by atoms with Gasteiger partial charge in [-0.2, -0.15) is 26.3 Å². The number of hydrogen-bond donors (Lipinski definition) is 0. The van der Waals surface area contributed by atoms with Gasteiger partial charge in [0, 0.05) is 0 Å². The number of esters is 1. The average Bonchev–Trinajstić information content (AvgIpc) is 2.54. The molecule has 2 rings (SSSR count). The third-order valence-electron chi connectivity index (χ3n) is 3.14. The van der Waals surface area contributed by atoms with Crippen LogP contribution >= 0.6 is 46.4 Å². The summed E-state index contributed by atoms with van der Waals surface area (Å²) in [5.74, 6) is -2.42. The van der Waals surface area contributed by atoms with E-state index in [0.29, 0.717) is 0 Å². The molecule has 0 N–H and O–H groups in total. The van der Waals surface area contributed by atoms with E-state index in [1.165, 1.54) is 0 Å². The van der Waals surface area contributed by atoms with Crippen LogP contribution in [0.15, 0.2) is 24.3 Å². The number of carbonyl (C=O) groups excluding carboxylic acids is 1. The van der Waals surface area contributed by atoms with Gasteiger partial charge in [0.2, 0.25) is 0 Å². The molecule has 0 unspecified atom stereocenters. The molecule has 2 aromatic carbocycles. The molecule has 0 heterocycles. The molecule has 0 saturated heterocycles. The van der Waals surface area contributed by atoms with E-state index in [1.807, 2.05) is 0 Å². The highest BCUT2D eigenvalue weighted by atomic mass is 35.5. The van der Waals surface area contributed by atoms with Crippen LogP contribution in [0, 0.1) is 0 Å². The molecule has 0 aliphatic rings. The van der Waals surface area contributed by atoms with Crippen molar-refractivity contribution in [2.45, 2.75) is 12.4 Å². The highest BCUT2D eigenvalue weighted by Crippen LogP contribution is 2.43. The van der Waals surface area contributed by atoms with E-state index < -0.39 is 45.8 Å². The van der Waals surface area contributed by atoms with E-state index in [1.54, 1.807) is 0 Å². The minimum absolute atomic E-state index is 0.0183. The molecule has 146 valence electrons. The summed E-state index contributed by atoms with van der Waals surface area (Å²) >= 11 is 23.0. The molecule has 0 fully saturated rings. The van der Waals surface area contributed by atoms with Gasteiger partial charge in [0.25, 0.3) is 0 Å². The standard InChI is InChI=1S/C15H4Cl4F6O2/c16-8-4-9(17)12(11(19)10(8)18)27-13(26)6-3-5(14(20,21)22)1-2-7(6)15(23,24)25/h1-4H. The smallest absolute Gasteiger partial charge is 0.417 e. The van der Waals surface area contributed by atoms with Gasteiger partial charge >= 0.3 is 18.3 Å². The topological polar surface area (TPSA) is 26.3 Å². The predicted octanol–water partition coefficient (Wildman–Crippen LogP) is 7.56. The Balaban J connectivity index is 2.57. The monoisotopic (exact) mass is 470 g/mol. The molecule has 27 heavy (non-hydrogen) atoms. The van der Waals surface area contributed by atoms with Gasteiger partial charge in [-0.1, -0.05) is 46.4 Å². The van der Waals surface area contributed by atoms with Crippen LogP contribution in [0.2, 0.25) is 20.1 Å². The minimum atomic E-state index is -5.12. The number of carbonyl (C=O) groups is 1.